The molecule has 0 saturated carbocycles. The first-order chi connectivity index (χ1) is 9.20. The van der Waals surface area contributed by atoms with E-state index >= 15 is 0 Å². The van der Waals surface area contributed by atoms with E-state index in [4.69, 9.17) is 10.9 Å². The summed E-state index contributed by atoms with van der Waals surface area (Å²) in [5.41, 5.74) is 5.68. The van der Waals surface area contributed by atoms with Gasteiger partial charge in [0.15, 0.2) is 0 Å². The first-order valence-electron chi connectivity index (χ1n) is 5.19. The second-order valence-corrected chi connectivity index (χ2v) is 8.20. The molecule has 1 aromatic carbocycles. The lowest BCUT2D eigenvalue weighted by atomic mass is 10.3. The number of thiophene rings is 1. The number of nitrogens with one attached hydrogen (secondary N) is 1. The lowest BCUT2D eigenvalue weighted by Gasteiger charge is -2.09. The summed E-state index contributed by atoms with van der Waals surface area (Å²) >= 11 is 0.933. The summed E-state index contributed by atoms with van der Waals surface area (Å²) in [6, 6.07) is 6.76. The molecule has 7 nitrogen and oxygen atoms in total. The molecule has 108 valence electrons. The molecule has 0 spiro atoms. The van der Waals surface area contributed by atoms with Crippen LogP contribution in [0.4, 0.5) is 11.4 Å². The van der Waals surface area contributed by atoms with E-state index in [1.54, 1.807) is 0 Å². The van der Waals surface area contributed by atoms with Crippen LogP contribution in [-0.2, 0) is 20.0 Å². The topological polar surface area (TPSA) is 132 Å². The summed E-state index contributed by atoms with van der Waals surface area (Å²) < 4.78 is 49.2. The quantitative estimate of drug-likeness (QED) is 0.760. The molecule has 1 aromatic heterocycles. The van der Waals surface area contributed by atoms with Gasteiger partial charge in [-0.25, -0.2) is 22.0 Å². The van der Waals surface area contributed by atoms with E-state index in [1.165, 1.54) is 35.7 Å². The molecule has 0 bridgehead atoms. The van der Waals surface area contributed by atoms with Crippen LogP contribution in [0.1, 0.15) is 0 Å². The minimum absolute atomic E-state index is 0.0146. The van der Waals surface area contributed by atoms with Gasteiger partial charge in [-0.3, -0.25) is 4.72 Å². The van der Waals surface area contributed by atoms with Crippen molar-refractivity contribution in [1.29, 1.82) is 0 Å². The third-order valence-corrected chi connectivity index (χ3v) is 6.09. The minimum atomic E-state index is -4.03. The number of para-hydroxylation sites is 1. The van der Waals surface area contributed by atoms with Crippen molar-refractivity contribution < 1.29 is 16.8 Å². The van der Waals surface area contributed by atoms with Crippen molar-refractivity contribution in [2.75, 3.05) is 10.5 Å². The fraction of sp³-hybridized carbons (Fsp3) is 0. The molecule has 0 atom stereocenters. The molecular formula is C10H11N3O4S3. The van der Waals surface area contributed by atoms with Crippen LogP contribution in [-0.4, -0.2) is 16.8 Å². The number of primary sulfonamides is 1. The van der Waals surface area contributed by atoms with E-state index in [9.17, 15) is 16.8 Å². The Hall–Kier alpha value is -1.62. The average Bonchev–Trinajstić information content (AvgIpc) is 2.75. The molecule has 0 aliphatic heterocycles. The summed E-state index contributed by atoms with van der Waals surface area (Å²) in [6.45, 7) is 0. The summed E-state index contributed by atoms with van der Waals surface area (Å²) in [6.07, 6.45) is 0. The van der Waals surface area contributed by atoms with Gasteiger partial charge in [0.1, 0.15) is 9.10 Å². The van der Waals surface area contributed by atoms with E-state index in [2.05, 4.69) is 4.72 Å². The molecule has 2 aromatic rings. The first kappa shape index (κ1) is 14.8. The molecule has 2 rings (SSSR count). The molecule has 10 heteroatoms. The lowest BCUT2D eigenvalue weighted by molar-refractivity contribution is 0.598. The number of sulfonamides is 2. The Morgan fingerprint density at radius 1 is 1.10 bits per heavy atom. The standard InChI is InChI=1S/C10H11N3O4S3/c11-7-5-10(18-6-7)20(16,17)13-8-3-1-2-4-9(8)19(12,14)15/h1-6,13H,11H2,(H2,12,14,15). The monoisotopic (exact) mass is 333 g/mol. The van der Waals surface area contributed by atoms with Crippen LogP contribution >= 0.6 is 11.3 Å². The average molecular weight is 333 g/mol. The SMILES string of the molecule is Nc1csc(S(=O)(=O)Nc2ccccc2S(N)(=O)=O)c1. The third-order valence-electron chi connectivity index (χ3n) is 2.30. The lowest BCUT2D eigenvalue weighted by Crippen LogP contribution is -2.18. The van der Waals surface area contributed by atoms with Crippen molar-refractivity contribution in [3.8, 4) is 0 Å². The minimum Gasteiger partial charge on any atom is -0.398 e. The first-order valence-corrected chi connectivity index (χ1v) is 9.10. The van der Waals surface area contributed by atoms with Gasteiger partial charge >= 0.3 is 0 Å². The zero-order valence-corrected chi connectivity index (χ0v) is 12.4. The largest absolute Gasteiger partial charge is 0.398 e. The molecule has 0 saturated heterocycles. The number of nitrogens with two attached hydrogens (primary N) is 2. The van der Waals surface area contributed by atoms with Gasteiger partial charge in [0.25, 0.3) is 10.0 Å². The number of hydrogen-bond donors (Lipinski definition) is 3. The molecule has 0 fully saturated rings. The molecule has 1 heterocycles. The van der Waals surface area contributed by atoms with Crippen LogP contribution in [0.3, 0.4) is 0 Å². The smallest absolute Gasteiger partial charge is 0.271 e. The van der Waals surface area contributed by atoms with Crippen LogP contribution in [0.2, 0.25) is 0 Å². The van der Waals surface area contributed by atoms with E-state index in [1.807, 2.05) is 0 Å². The van der Waals surface area contributed by atoms with Gasteiger partial charge in [0.2, 0.25) is 10.0 Å². The van der Waals surface area contributed by atoms with Gasteiger partial charge in [0.05, 0.1) is 5.69 Å². The number of hydrogen-bond acceptors (Lipinski definition) is 6. The van der Waals surface area contributed by atoms with Crippen LogP contribution < -0.4 is 15.6 Å². The summed E-state index contributed by atoms with van der Waals surface area (Å²) in [7, 11) is -7.94. The highest BCUT2D eigenvalue weighted by Gasteiger charge is 2.21. The van der Waals surface area contributed by atoms with Crippen molar-refractivity contribution >= 4 is 42.8 Å². The Morgan fingerprint density at radius 2 is 1.75 bits per heavy atom. The highest BCUT2D eigenvalue weighted by molar-refractivity contribution is 7.94. The Kier molecular flexibility index (Phi) is 3.73. The molecule has 5 N–H and O–H groups in total. The van der Waals surface area contributed by atoms with Gasteiger partial charge in [-0.05, 0) is 18.2 Å². The molecule has 0 aliphatic carbocycles. The summed E-state index contributed by atoms with van der Waals surface area (Å²) in [4.78, 5) is -0.298. The van der Waals surface area contributed by atoms with Crippen molar-refractivity contribution in [1.82, 2.24) is 0 Å². The van der Waals surface area contributed by atoms with Crippen molar-refractivity contribution in [3.05, 3.63) is 35.7 Å². The number of rotatable bonds is 4. The molecule has 0 unspecified atom stereocenters. The maximum atomic E-state index is 12.1. The highest BCUT2D eigenvalue weighted by atomic mass is 32.2. The van der Waals surface area contributed by atoms with Gasteiger partial charge < -0.3 is 5.73 Å². The Morgan fingerprint density at radius 3 is 2.30 bits per heavy atom. The Bertz CT molecular complexity index is 840. The van der Waals surface area contributed by atoms with Gasteiger partial charge in [0, 0.05) is 11.1 Å². The van der Waals surface area contributed by atoms with Crippen LogP contribution in [0.15, 0.2) is 44.8 Å². The maximum absolute atomic E-state index is 12.1. The zero-order valence-electron chi connectivity index (χ0n) is 9.98. The third kappa shape index (κ3) is 3.10. The number of nitrogen functional groups attached to an aromatic ring is 1. The molecule has 20 heavy (non-hydrogen) atoms. The zero-order chi connectivity index (χ0) is 15.0. The van der Waals surface area contributed by atoms with Crippen LogP contribution in [0.25, 0.3) is 0 Å². The van der Waals surface area contributed by atoms with Crippen molar-refractivity contribution in [2.45, 2.75) is 9.10 Å². The number of anilines is 2. The highest BCUT2D eigenvalue weighted by Crippen LogP contribution is 2.26. The Labute approximate surface area is 120 Å². The maximum Gasteiger partial charge on any atom is 0.271 e. The fourth-order valence-electron chi connectivity index (χ4n) is 1.47. The number of benzene rings is 1. The van der Waals surface area contributed by atoms with E-state index in [0.29, 0.717) is 5.69 Å². The normalized spacial score (nSPS) is 12.2. The predicted molar refractivity (Wildman–Crippen MR) is 77.4 cm³/mol. The van der Waals surface area contributed by atoms with E-state index in [0.717, 1.165) is 11.3 Å². The second kappa shape index (κ2) is 5.05. The molecular weight excluding hydrogens is 322 g/mol. The van der Waals surface area contributed by atoms with Crippen LogP contribution in [0.5, 0.6) is 0 Å². The molecule has 0 radical (unpaired) electrons. The van der Waals surface area contributed by atoms with Crippen LogP contribution in [0, 0.1) is 0 Å². The molecule has 0 amide bonds. The van der Waals surface area contributed by atoms with Gasteiger partial charge in [-0.15, -0.1) is 11.3 Å². The van der Waals surface area contributed by atoms with Crippen molar-refractivity contribution in [2.24, 2.45) is 5.14 Å². The summed E-state index contributed by atoms with van der Waals surface area (Å²) in [5, 5.41) is 6.51. The predicted octanol–water partition coefficient (Wildman–Crippen LogP) is 0.778. The van der Waals surface area contributed by atoms with Gasteiger partial charge in [-0.1, -0.05) is 12.1 Å². The van der Waals surface area contributed by atoms with E-state index < -0.39 is 20.0 Å². The second-order valence-electron chi connectivity index (χ2n) is 3.85. The van der Waals surface area contributed by atoms with Crippen molar-refractivity contribution in [3.63, 3.8) is 0 Å². The summed E-state index contributed by atoms with van der Waals surface area (Å²) in [5.74, 6) is 0. The molecule has 0 aliphatic rings. The van der Waals surface area contributed by atoms with Gasteiger partial charge in [-0.2, -0.15) is 0 Å². The fourth-order valence-corrected chi connectivity index (χ4v) is 4.38. The Balaban J connectivity index is 2.46. The van der Waals surface area contributed by atoms with E-state index in [-0.39, 0.29) is 14.8 Å².